The van der Waals surface area contributed by atoms with E-state index >= 15 is 0 Å². The first-order valence-corrected chi connectivity index (χ1v) is 12.2. The van der Waals surface area contributed by atoms with Crippen LogP contribution in [0.4, 0.5) is 10.6 Å². The van der Waals surface area contributed by atoms with Gasteiger partial charge in [0.25, 0.3) is 0 Å². The molecule has 12 nitrogen and oxygen atoms in total. The van der Waals surface area contributed by atoms with Crippen LogP contribution in [-0.2, 0) is 19.0 Å². The monoisotopic (exact) mass is 508 g/mol. The number of imidazole rings is 1. The summed E-state index contributed by atoms with van der Waals surface area (Å²) in [5, 5.41) is 14.4. The minimum Gasteiger partial charge on any atom is -0.481 e. The van der Waals surface area contributed by atoms with Crippen molar-refractivity contribution in [2.45, 2.75) is 57.0 Å². The first kappa shape index (κ1) is 24.8. The number of carbonyl (C=O) groups is 2. The van der Waals surface area contributed by atoms with E-state index in [0.717, 1.165) is 5.56 Å². The van der Waals surface area contributed by atoms with E-state index in [1.807, 2.05) is 49.4 Å². The van der Waals surface area contributed by atoms with Crippen molar-refractivity contribution >= 4 is 35.1 Å². The molecule has 12 heteroatoms. The van der Waals surface area contributed by atoms with Gasteiger partial charge in [-0.25, -0.2) is 19.7 Å². The lowest BCUT2D eigenvalue weighted by molar-refractivity contribution is -0.138. The number of aromatic nitrogens is 4. The summed E-state index contributed by atoms with van der Waals surface area (Å²) in [7, 11) is 0. The van der Waals surface area contributed by atoms with Crippen LogP contribution in [0, 0.1) is 0 Å². The van der Waals surface area contributed by atoms with Crippen LogP contribution in [0.25, 0.3) is 17.2 Å². The van der Waals surface area contributed by atoms with E-state index in [0.29, 0.717) is 30.6 Å². The maximum absolute atomic E-state index is 12.0. The van der Waals surface area contributed by atoms with Crippen molar-refractivity contribution in [3.8, 4) is 0 Å². The van der Waals surface area contributed by atoms with Gasteiger partial charge < -0.3 is 24.6 Å². The van der Waals surface area contributed by atoms with Crippen LogP contribution in [-0.4, -0.2) is 67.8 Å². The molecule has 2 saturated heterocycles. The predicted octanol–water partition coefficient (Wildman–Crippen LogP) is 2.94. The lowest BCUT2D eigenvalue weighted by Crippen LogP contribution is -2.29. The molecule has 194 valence electrons. The molecule has 5 rings (SSSR count). The average molecular weight is 509 g/mol. The fourth-order valence-electron chi connectivity index (χ4n) is 4.56. The Morgan fingerprint density at radius 1 is 1.11 bits per heavy atom. The number of hydrogen-bond acceptors (Lipinski definition) is 8. The molecule has 1 aromatic carbocycles. The van der Waals surface area contributed by atoms with Crippen molar-refractivity contribution in [1.29, 1.82) is 0 Å². The van der Waals surface area contributed by atoms with E-state index < -0.39 is 36.7 Å². The van der Waals surface area contributed by atoms with Crippen molar-refractivity contribution in [2.24, 2.45) is 0 Å². The second-order valence-electron chi connectivity index (χ2n) is 8.72. The molecule has 2 amide bonds. The SMILES string of the molecule is CCNC(=O)Nc1ncnc2c1ncn2C1OC(CCCC(=O)O)C2O[C@H](C=Cc3ccccc3)OC21. The number of fused-ring (bicyclic) bond motifs is 2. The van der Waals surface area contributed by atoms with Crippen LogP contribution in [0.5, 0.6) is 0 Å². The van der Waals surface area contributed by atoms with E-state index in [9.17, 15) is 9.59 Å². The van der Waals surface area contributed by atoms with Gasteiger partial charge in [0.2, 0.25) is 0 Å². The molecule has 37 heavy (non-hydrogen) atoms. The standard InChI is InChI=1S/C25H28N6O6/c1-2-26-25(34)30-22-19-23(28-13-27-22)31(14-29-19)24-21-20(16(35-24)9-6-10-17(32)33)36-18(37-21)12-11-15-7-4-3-5-8-15/h3-5,7-8,11-14,16,18,20-21,24H,2,6,9-10H2,1H3,(H,32,33)(H2,26,27,28,30,34)/t16?,18-,20?,21?,24?/m0/s1. The fraction of sp³-hybridized carbons (Fsp3) is 0.400. The molecule has 2 aromatic heterocycles. The second-order valence-corrected chi connectivity index (χ2v) is 8.72. The zero-order valence-electron chi connectivity index (χ0n) is 20.2. The number of carbonyl (C=O) groups excluding carboxylic acids is 1. The number of anilines is 1. The molecular formula is C25H28N6O6. The molecule has 3 N–H and O–H groups in total. The van der Waals surface area contributed by atoms with Gasteiger partial charge in [0.15, 0.2) is 29.5 Å². The summed E-state index contributed by atoms with van der Waals surface area (Å²) >= 11 is 0. The molecule has 2 aliphatic rings. The number of nitrogens with one attached hydrogen (secondary N) is 2. The summed E-state index contributed by atoms with van der Waals surface area (Å²) in [6.45, 7) is 2.28. The van der Waals surface area contributed by atoms with Gasteiger partial charge in [-0.3, -0.25) is 14.7 Å². The summed E-state index contributed by atoms with van der Waals surface area (Å²) in [5.74, 6) is -0.586. The van der Waals surface area contributed by atoms with Crippen LogP contribution in [0.1, 0.15) is 38.0 Å². The highest BCUT2D eigenvalue weighted by atomic mass is 16.8. The number of ether oxygens (including phenoxy) is 3. The largest absolute Gasteiger partial charge is 0.481 e. The summed E-state index contributed by atoms with van der Waals surface area (Å²) in [4.78, 5) is 36.0. The zero-order chi connectivity index (χ0) is 25.8. The molecule has 5 atom stereocenters. The molecule has 0 bridgehead atoms. The first-order valence-electron chi connectivity index (χ1n) is 12.2. The average Bonchev–Trinajstić information content (AvgIpc) is 3.58. The number of carboxylic acid groups (broad SMARTS) is 1. The number of benzene rings is 1. The van der Waals surface area contributed by atoms with Crippen molar-refractivity contribution < 1.29 is 28.9 Å². The minimum absolute atomic E-state index is 0.0379. The highest BCUT2D eigenvalue weighted by molar-refractivity contribution is 5.95. The van der Waals surface area contributed by atoms with E-state index in [1.54, 1.807) is 10.9 Å². The number of nitrogens with zero attached hydrogens (tertiary/aromatic N) is 4. The number of amides is 2. The predicted molar refractivity (Wildman–Crippen MR) is 132 cm³/mol. The maximum Gasteiger partial charge on any atom is 0.320 e. The van der Waals surface area contributed by atoms with E-state index in [-0.39, 0.29) is 18.3 Å². The van der Waals surface area contributed by atoms with E-state index in [1.165, 1.54) is 6.33 Å². The quantitative estimate of drug-likeness (QED) is 0.396. The van der Waals surface area contributed by atoms with Crippen LogP contribution in [0.3, 0.4) is 0 Å². The third kappa shape index (κ3) is 5.45. The minimum atomic E-state index is -0.859. The molecule has 0 saturated carbocycles. The van der Waals surface area contributed by atoms with Gasteiger partial charge in [-0.15, -0.1) is 0 Å². The molecule has 4 heterocycles. The summed E-state index contributed by atoms with van der Waals surface area (Å²) in [6.07, 6.45) is 5.19. The lowest BCUT2D eigenvalue weighted by atomic mass is 10.0. The van der Waals surface area contributed by atoms with Crippen LogP contribution in [0.2, 0.25) is 0 Å². The molecule has 3 aromatic rings. The Kier molecular flexibility index (Phi) is 7.40. The smallest absolute Gasteiger partial charge is 0.320 e. The summed E-state index contributed by atoms with van der Waals surface area (Å²) in [6, 6.07) is 9.42. The fourth-order valence-corrected chi connectivity index (χ4v) is 4.56. The number of rotatable bonds is 9. The normalized spacial score (nSPS) is 24.9. The van der Waals surface area contributed by atoms with Crippen LogP contribution < -0.4 is 10.6 Å². The van der Waals surface area contributed by atoms with Crippen molar-refractivity contribution in [3.63, 3.8) is 0 Å². The number of aliphatic carboxylic acids is 1. The molecule has 2 fully saturated rings. The van der Waals surface area contributed by atoms with Gasteiger partial charge in [-0.05, 0) is 31.4 Å². The molecule has 0 spiro atoms. The Morgan fingerprint density at radius 3 is 2.70 bits per heavy atom. The molecule has 0 aliphatic carbocycles. The Bertz CT molecular complexity index is 1280. The van der Waals surface area contributed by atoms with Gasteiger partial charge in [0.1, 0.15) is 18.5 Å². The summed E-state index contributed by atoms with van der Waals surface area (Å²) in [5.41, 5.74) is 1.88. The molecule has 2 aliphatic heterocycles. The third-order valence-electron chi connectivity index (χ3n) is 6.19. The third-order valence-corrected chi connectivity index (χ3v) is 6.19. The molecule has 4 unspecified atom stereocenters. The number of carboxylic acids is 1. The van der Waals surface area contributed by atoms with Gasteiger partial charge >= 0.3 is 12.0 Å². The van der Waals surface area contributed by atoms with E-state index in [2.05, 4.69) is 25.6 Å². The maximum atomic E-state index is 12.0. The van der Waals surface area contributed by atoms with Crippen LogP contribution >= 0.6 is 0 Å². The Hall–Kier alpha value is -3.87. The highest BCUT2D eigenvalue weighted by Gasteiger charge is 2.53. The van der Waals surface area contributed by atoms with Crippen LogP contribution in [0.15, 0.2) is 49.1 Å². The first-order chi connectivity index (χ1) is 18.0. The van der Waals surface area contributed by atoms with Crippen molar-refractivity contribution in [2.75, 3.05) is 11.9 Å². The van der Waals surface area contributed by atoms with Gasteiger partial charge in [-0.2, -0.15) is 0 Å². The number of urea groups is 1. The van der Waals surface area contributed by atoms with Crippen molar-refractivity contribution in [3.05, 3.63) is 54.6 Å². The Balaban J connectivity index is 1.39. The lowest BCUT2D eigenvalue weighted by Gasteiger charge is -2.20. The van der Waals surface area contributed by atoms with E-state index in [4.69, 9.17) is 19.3 Å². The Labute approximate surface area is 212 Å². The Morgan fingerprint density at radius 2 is 1.92 bits per heavy atom. The summed E-state index contributed by atoms with van der Waals surface area (Å²) < 4.78 is 20.5. The van der Waals surface area contributed by atoms with Gasteiger partial charge in [0.05, 0.1) is 12.4 Å². The second kappa shape index (κ2) is 11.0. The number of hydrogen-bond donors (Lipinski definition) is 3. The highest BCUT2D eigenvalue weighted by Crippen LogP contribution is 2.42. The molecular weight excluding hydrogens is 480 g/mol. The molecule has 0 radical (unpaired) electrons. The van der Waals surface area contributed by atoms with Crippen molar-refractivity contribution in [1.82, 2.24) is 24.8 Å². The van der Waals surface area contributed by atoms with Gasteiger partial charge in [0, 0.05) is 13.0 Å². The zero-order valence-corrected chi connectivity index (χ0v) is 20.2. The topological polar surface area (TPSA) is 150 Å². The van der Waals surface area contributed by atoms with Gasteiger partial charge in [-0.1, -0.05) is 36.4 Å².